The molecule has 12 nitrogen and oxygen atoms in total. The standard InChI is InChI=1S/C35H39N5O7S/c1-20-14-21(2)16-23(15-20)33-32(22(3)19-36-48(46,47)31-13-11-27(39(42)43)18-30(31)40(44)45)28-17-24(6-12-29(28)37-33)35(4,5)34(41)38-25-7-8-26(38)10-9-25/h6,11-18,22,25-26,36-37H,7-10,19H2,1-5H3/t22-,25?,26?/m1/s1. The molecule has 2 fully saturated rings. The first kappa shape index (κ1) is 33.3. The number of aromatic nitrogens is 1. The van der Waals surface area contributed by atoms with E-state index in [0.717, 1.165) is 82.2 Å². The average Bonchev–Trinajstić information content (AvgIpc) is 3.75. The zero-order chi connectivity index (χ0) is 34.7. The lowest BCUT2D eigenvalue weighted by molar-refractivity contribution is -0.396. The molecule has 1 amide bonds. The number of hydrogen-bond acceptors (Lipinski definition) is 7. The molecule has 252 valence electrons. The first-order valence-electron chi connectivity index (χ1n) is 16.1. The van der Waals surface area contributed by atoms with E-state index < -0.39 is 47.5 Å². The first-order valence-corrected chi connectivity index (χ1v) is 17.6. The Labute approximate surface area is 278 Å². The number of nitro benzene ring substituents is 2. The van der Waals surface area contributed by atoms with Gasteiger partial charge in [-0.15, -0.1) is 0 Å². The van der Waals surface area contributed by atoms with Gasteiger partial charge in [-0.1, -0.05) is 30.2 Å². The Bertz CT molecular complexity index is 2050. The van der Waals surface area contributed by atoms with Crippen molar-refractivity contribution >= 4 is 38.2 Å². The monoisotopic (exact) mass is 673 g/mol. The van der Waals surface area contributed by atoms with Crippen molar-refractivity contribution in [3.63, 3.8) is 0 Å². The molecule has 0 aliphatic carbocycles. The third-order valence-corrected chi connectivity index (χ3v) is 11.5. The van der Waals surface area contributed by atoms with E-state index in [0.29, 0.717) is 18.2 Å². The zero-order valence-electron chi connectivity index (χ0n) is 27.6. The summed E-state index contributed by atoms with van der Waals surface area (Å²) >= 11 is 0. The molecule has 3 heterocycles. The molecule has 2 aliphatic rings. The van der Waals surface area contributed by atoms with Crippen molar-refractivity contribution in [2.24, 2.45) is 0 Å². The van der Waals surface area contributed by atoms with Gasteiger partial charge in [0.2, 0.25) is 15.9 Å². The number of nitrogens with zero attached hydrogens (tertiary/aromatic N) is 3. The van der Waals surface area contributed by atoms with Crippen LogP contribution in [0, 0.1) is 34.1 Å². The summed E-state index contributed by atoms with van der Waals surface area (Å²) in [5.41, 5.74) is 4.10. The molecule has 0 spiro atoms. The second-order valence-corrected chi connectivity index (χ2v) is 15.5. The van der Waals surface area contributed by atoms with Gasteiger partial charge in [-0.2, -0.15) is 0 Å². The molecule has 0 saturated carbocycles. The minimum absolute atomic E-state index is 0.115. The average molecular weight is 674 g/mol. The van der Waals surface area contributed by atoms with Crippen molar-refractivity contribution < 1.29 is 23.1 Å². The number of nitrogens with one attached hydrogen (secondary N) is 2. The van der Waals surface area contributed by atoms with Crippen LogP contribution in [-0.4, -0.2) is 52.7 Å². The summed E-state index contributed by atoms with van der Waals surface area (Å²) in [7, 11) is -4.44. The van der Waals surface area contributed by atoms with Crippen LogP contribution in [0.1, 0.15) is 74.6 Å². The Hall–Kier alpha value is -4.62. The molecule has 4 aromatic rings. The number of amides is 1. The molecule has 0 radical (unpaired) electrons. The fourth-order valence-corrected chi connectivity index (χ4v) is 8.84. The quantitative estimate of drug-likeness (QED) is 0.138. The number of non-ortho nitro benzene ring substituents is 1. The van der Waals surface area contributed by atoms with Gasteiger partial charge in [-0.25, -0.2) is 13.1 Å². The Morgan fingerprint density at radius 1 is 0.958 bits per heavy atom. The van der Waals surface area contributed by atoms with Crippen LogP contribution in [0.2, 0.25) is 0 Å². The number of H-pyrrole nitrogens is 1. The lowest BCUT2D eigenvalue weighted by Crippen LogP contribution is -2.45. The molecule has 2 aliphatic heterocycles. The molecule has 1 atom stereocenters. The summed E-state index contributed by atoms with van der Waals surface area (Å²) < 4.78 is 29.4. The molecular formula is C35H39N5O7S. The van der Waals surface area contributed by atoms with E-state index in [1.807, 2.05) is 52.8 Å². The lowest BCUT2D eigenvalue weighted by Gasteiger charge is -2.33. The van der Waals surface area contributed by atoms with E-state index in [9.17, 15) is 33.4 Å². The highest BCUT2D eigenvalue weighted by atomic mass is 32.2. The topological polar surface area (TPSA) is 169 Å². The van der Waals surface area contributed by atoms with E-state index >= 15 is 0 Å². The number of benzene rings is 3. The van der Waals surface area contributed by atoms with Crippen LogP contribution in [0.4, 0.5) is 11.4 Å². The van der Waals surface area contributed by atoms with E-state index in [2.05, 4.69) is 32.8 Å². The van der Waals surface area contributed by atoms with Gasteiger partial charge in [0.15, 0.2) is 4.90 Å². The number of aryl methyl sites for hydroxylation is 2. The fraction of sp³-hybridized carbons (Fsp3) is 0.400. The number of sulfonamides is 1. The fourth-order valence-electron chi connectivity index (χ4n) is 7.55. The normalized spacial score (nSPS) is 18.4. The number of rotatable bonds is 10. The van der Waals surface area contributed by atoms with Crippen molar-refractivity contribution in [1.29, 1.82) is 0 Å². The molecule has 2 bridgehead atoms. The molecule has 0 unspecified atom stereocenters. The van der Waals surface area contributed by atoms with Gasteiger partial charge in [0.05, 0.1) is 27.0 Å². The summed E-state index contributed by atoms with van der Waals surface area (Å²) in [6.45, 7) is 9.67. The summed E-state index contributed by atoms with van der Waals surface area (Å²) in [4.78, 5) is 40.2. The van der Waals surface area contributed by atoms with E-state index in [-0.39, 0.29) is 12.5 Å². The van der Waals surface area contributed by atoms with Crippen LogP contribution in [-0.2, 0) is 20.2 Å². The SMILES string of the molecule is Cc1cc(C)cc(-c2[nH]c3ccc(C(C)(C)C(=O)N4C5CCC4CC5)cc3c2[C@H](C)CNS(=O)(=O)c2ccc([N+](=O)[O-])cc2[N+](=O)[O-])c1. The van der Waals surface area contributed by atoms with Gasteiger partial charge >= 0.3 is 0 Å². The predicted molar refractivity (Wildman–Crippen MR) is 182 cm³/mol. The van der Waals surface area contributed by atoms with E-state index in [1.165, 1.54) is 0 Å². The van der Waals surface area contributed by atoms with E-state index in [4.69, 9.17) is 0 Å². The van der Waals surface area contributed by atoms with Crippen molar-refractivity contribution in [3.05, 3.63) is 97.1 Å². The Balaban J connectivity index is 1.40. The molecule has 2 saturated heterocycles. The number of nitro groups is 2. The van der Waals surface area contributed by atoms with Crippen molar-refractivity contribution in [2.75, 3.05) is 6.54 Å². The maximum absolute atomic E-state index is 14.0. The Morgan fingerprint density at radius 3 is 2.17 bits per heavy atom. The highest BCUT2D eigenvalue weighted by molar-refractivity contribution is 7.89. The van der Waals surface area contributed by atoms with Crippen molar-refractivity contribution in [3.8, 4) is 11.3 Å². The second-order valence-electron chi connectivity index (χ2n) is 13.8. The molecule has 13 heteroatoms. The summed E-state index contributed by atoms with van der Waals surface area (Å²) in [6, 6.07) is 15.2. The van der Waals surface area contributed by atoms with Crippen LogP contribution < -0.4 is 4.72 Å². The number of aromatic amines is 1. The van der Waals surface area contributed by atoms with Gasteiger partial charge in [0.25, 0.3) is 11.4 Å². The molecule has 48 heavy (non-hydrogen) atoms. The lowest BCUT2D eigenvalue weighted by atomic mass is 9.81. The summed E-state index contributed by atoms with van der Waals surface area (Å²) in [5.74, 6) is -0.325. The van der Waals surface area contributed by atoms with E-state index in [1.54, 1.807) is 0 Å². The minimum Gasteiger partial charge on any atom is -0.354 e. The largest absolute Gasteiger partial charge is 0.354 e. The second kappa shape index (κ2) is 12.1. The molecule has 3 aromatic carbocycles. The van der Waals surface area contributed by atoms with Crippen LogP contribution in [0.3, 0.4) is 0 Å². The van der Waals surface area contributed by atoms with Crippen molar-refractivity contribution in [1.82, 2.24) is 14.6 Å². The van der Waals surface area contributed by atoms with Gasteiger partial charge in [-0.05, 0) is 106 Å². The Morgan fingerprint density at radius 2 is 1.58 bits per heavy atom. The Kier molecular flexibility index (Phi) is 8.40. The molecule has 6 rings (SSSR count). The third-order valence-electron chi connectivity index (χ3n) is 10.0. The maximum Gasteiger partial charge on any atom is 0.296 e. The van der Waals surface area contributed by atoms with Crippen LogP contribution in [0.5, 0.6) is 0 Å². The number of fused-ring (bicyclic) bond motifs is 3. The number of hydrogen-bond donors (Lipinski definition) is 2. The molecule has 2 N–H and O–H groups in total. The summed E-state index contributed by atoms with van der Waals surface area (Å²) in [6.07, 6.45) is 4.18. The van der Waals surface area contributed by atoms with Gasteiger partial charge < -0.3 is 9.88 Å². The van der Waals surface area contributed by atoms with Crippen LogP contribution in [0.15, 0.2) is 59.5 Å². The number of carbonyl (C=O) groups is 1. The molecular weight excluding hydrogens is 634 g/mol. The van der Waals surface area contributed by atoms with Gasteiger partial charge in [0.1, 0.15) is 0 Å². The van der Waals surface area contributed by atoms with Crippen LogP contribution >= 0.6 is 0 Å². The first-order chi connectivity index (χ1) is 22.6. The maximum atomic E-state index is 14.0. The predicted octanol–water partition coefficient (Wildman–Crippen LogP) is 6.78. The summed E-state index contributed by atoms with van der Waals surface area (Å²) in [5, 5.41) is 23.8. The highest BCUT2D eigenvalue weighted by Crippen LogP contribution is 2.43. The highest BCUT2D eigenvalue weighted by Gasteiger charge is 2.47. The zero-order valence-corrected chi connectivity index (χ0v) is 28.4. The van der Waals surface area contributed by atoms with Gasteiger partial charge in [-0.3, -0.25) is 25.0 Å². The number of carbonyl (C=O) groups excluding carboxylic acids is 1. The van der Waals surface area contributed by atoms with Crippen molar-refractivity contribution in [2.45, 2.75) is 88.6 Å². The van der Waals surface area contributed by atoms with Gasteiger partial charge in [0, 0.05) is 35.6 Å². The van der Waals surface area contributed by atoms with Crippen LogP contribution in [0.25, 0.3) is 22.2 Å². The smallest absolute Gasteiger partial charge is 0.296 e. The molecule has 1 aromatic heterocycles. The minimum atomic E-state index is -4.44. The third kappa shape index (κ3) is 5.85.